The molecule has 0 aromatic heterocycles. The number of benzene rings is 2. The number of fused-ring (bicyclic) bond motifs is 4. The van der Waals surface area contributed by atoms with Gasteiger partial charge in [0.25, 0.3) is 0 Å². The summed E-state index contributed by atoms with van der Waals surface area (Å²) in [5.41, 5.74) is 8.03. The molecule has 0 bridgehead atoms. The largest absolute Gasteiger partial charge is 0.0610 e. The van der Waals surface area contributed by atoms with Crippen molar-refractivity contribution in [3.63, 3.8) is 0 Å². The van der Waals surface area contributed by atoms with Crippen LogP contribution < -0.4 is 20.9 Å². The van der Waals surface area contributed by atoms with Gasteiger partial charge in [-0.25, -0.2) is 0 Å². The molecule has 0 spiro atoms. The van der Waals surface area contributed by atoms with Crippen molar-refractivity contribution in [2.45, 2.75) is 0 Å². The van der Waals surface area contributed by atoms with E-state index in [4.69, 9.17) is 0 Å². The summed E-state index contributed by atoms with van der Waals surface area (Å²) >= 11 is 0. The zero-order valence-corrected chi connectivity index (χ0v) is 15.1. The zero-order valence-electron chi connectivity index (χ0n) is 15.1. The fourth-order valence-electron chi connectivity index (χ4n) is 4.13. The van der Waals surface area contributed by atoms with Crippen LogP contribution in [0.1, 0.15) is 22.3 Å². The Morgan fingerprint density at radius 1 is 0.423 bits per heavy atom. The number of hydrogen-bond donors (Lipinski definition) is 0. The van der Waals surface area contributed by atoms with Gasteiger partial charge in [-0.15, -0.1) is 0 Å². The summed E-state index contributed by atoms with van der Waals surface area (Å²) in [7, 11) is 0. The first-order chi connectivity index (χ1) is 11.9. The number of rotatable bonds is 1. The van der Waals surface area contributed by atoms with Gasteiger partial charge in [-0.3, -0.25) is 0 Å². The predicted molar refractivity (Wildman–Crippen MR) is 115 cm³/mol. The van der Waals surface area contributed by atoms with Gasteiger partial charge in [0.05, 0.1) is 0 Å². The van der Waals surface area contributed by atoms with E-state index in [-0.39, 0.29) is 37.7 Å². The summed E-state index contributed by atoms with van der Waals surface area (Å²) in [6.07, 6.45) is 22.1. The maximum absolute atomic E-state index is 2.33. The first-order valence-corrected chi connectivity index (χ1v) is 8.37. The minimum Gasteiger partial charge on any atom is -0.0610 e. The van der Waals surface area contributed by atoms with Crippen LogP contribution in [-0.2, 0) is 0 Å². The van der Waals surface area contributed by atoms with Crippen LogP contribution in [0.2, 0.25) is 0 Å². The van der Waals surface area contributed by atoms with E-state index in [1.54, 1.807) is 0 Å². The Hall–Kier alpha value is -1.93. The molecule has 2 heteroatoms. The van der Waals surface area contributed by atoms with Crippen molar-refractivity contribution >= 4 is 85.3 Å². The molecule has 4 aliphatic rings. The van der Waals surface area contributed by atoms with Crippen LogP contribution >= 0.6 is 0 Å². The minimum absolute atomic E-state index is 0. The molecule has 0 saturated heterocycles. The smallest absolute Gasteiger partial charge is 0 e. The van der Waals surface area contributed by atoms with Crippen LogP contribution in [0, 0.1) is 0 Å². The molecule has 4 aliphatic carbocycles. The second-order valence-corrected chi connectivity index (χ2v) is 6.68. The summed E-state index contributed by atoms with van der Waals surface area (Å²) < 4.78 is 0. The molecule has 2 radical (unpaired) electrons. The Morgan fingerprint density at radius 3 is 1.35 bits per heavy atom. The first kappa shape index (κ1) is 17.5. The quantitative estimate of drug-likeness (QED) is 0.701. The average Bonchev–Trinajstić information content (AvgIpc) is 3.35. The van der Waals surface area contributed by atoms with E-state index in [0.29, 0.717) is 0 Å². The topological polar surface area (TPSA) is 0 Å². The van der Waals surface area contributed by atoms with Gasteiger partial charge in [-0.1, -0.05) is 60.8 Å². The molecule has 6 rings (SSSR count). The molecule has 0 atom stereocenters. The van der Waals surface area contributed by atoms with Crippen LogP contribution in [0.5, 0.6) is 0 Å². The minimum atomic E-state index is 0. The molecule has 2 aromatic carbocycles. The van der Waals surface area contributed by atoms with Crippen molar-refractivity contribution in [1.82, 2.24) is 0 Å². The van der Waals surface area contributed by atoms with Crippen molar-refractivity contribution in [3.05, 3.63) is 91.7 Å². The molecule has 2 aromatic rings. The van der Waals surface area contributed by atoms with Gasteiger partial charge in [0, 0.05) is 37.7 Å². The monoisotopic (exact) mass is 316 g/mol. The van der Waals surface area contributed by atoms with E-state index in [0.717, 1.165) is 0 Å². The molecule has 0 aliphatic heterocycles. The van der Waals surface area contributed by atoms with Crippen molar-refractivity contribution in [2.24, 2.45) is 0 Å². The van der Waals surface area contributed by atoms with Crippen LogP contribution in [0.4, 0.5) is 0 Å². The normalized spacial score (nSPS) is 15.7. The van der Waals surface area contributed by atoms with E-state index in [1.165, 1.54) is 54.3 Å². The standard InChI is InChI=1S/C24H14.2Li/c1-3-15-11-19-7-9-21(23(19)13-17(15)5-1)22-10-8-20-12-16-4-2-6-18(16)14-24(20)22;;/h1-14H;;. The van der Waals surface area contributed by atoms with E-state index in [2.05, 4.69) is 85.0 Å². The summed E-state index contributed by atoms with van der Waals surface area (Å²) in [5, 5.41) is 5.30. The van der Waals surface area contributed by atoms with E-state index < -0.39 is 0 Å². The Balaban J connectivity index is 0.000000841. The van der Waals surface area contributed by atoms with Crippen LogP contribution in [0.15, 0.2) is 48.6 Å². The number of allylic oxidation sites excluding steroid dienone is 6. The first-order valence-electron chi connectivity index (χ1n) is 8.37. The van der Waals surface area contributed by atoms with Gasteiger partial charge in [0.2, 0.25) is 0 Å². The molecular weight excluding hydrogens is 302 g/mol. The molecule has 112 valence electrons. The molecular formula is C24H14Li2. The van der Waals surface area contributed by atoms with Crippen LogP contribution in [0.3, 0.4) is 0 Å². The van der Waals surface area contributed by atoms with Gasteiger partial charge in [0.1, 0.15) is 0 Å². The third kappa shape index (κ3) is 2.39. The molecule has 0 amide bonds. The molecule has 0 heterocycles. The van der Waals surface area contributed by atoms with Crippen molar-refractivity contribution in [3.8, 4) is 0 Å². The second-order valence-electron chi connectivity index (χ2n) is 6.68. The van der Waals surface area contributed by atoms with Crippen molar-refractivity contribution in [1.29, 1.82) is 0 Å². The Kier molecular flexibility index (Phi) is 4.27. The predicted octanol–water partition coefficient (Wildman–Crippen LogP) is 1.59. The molecule has 0 unspecified atom stereocenters. The Morgan fingerprint density at radius 2 is 0.885 bits per heavy atom. The summed E-state index contributed by atoms with van der Waals surface area (Å²) in [4.78, 5) is 0. The fraction of sp³-hybridized carbons (Fsp3) is 0. The zero-order chi connectivity index (χ0) is 15.7. The van der Waals surface area contributed by atoms with Crippen molar-refractivity contribution < 1.29 is 0 Å². The fourth-order valence-corrected chi connectivity index (χ4v) is 4.13. The maximum atomic E-state index is 2.33. The summed E-state index contributed by atoms with van der Waals surface area (Å²) in [5.74, 6) is 0. The Bertz CT molecular complexity index is 1220. The van der Waals surface area contributed by atoms with Gasteiger partial charge in [0.15, 0.2) is 0 Å². The molecule has 0 nitrogen and oxygen atoms in total. The molecule has 0 fully saturated rings. The van der Waals surface area contributed by atoms with E-state index in [9.17, 15) is 0 Å². The summed E-state index contributed by atoms with van der Waals surface area (Å²) in [6.45, 7) is 0. The second kappa shape index (κ2) is 6.35. The Labute approximate surface area is 176 Å². The molecule has 26 heavy (non-hydrogen) atoms. The third-order valence-corrected chi connectivity index (χ3v) is 5.34. The van der Waals surface area contributed by atoms with E-state index in [1.807, 2.05) is 0 Å². The SMILES string of the molecule is C1=Cc2cc3c(cc2=C1)C(C1=CC=c2cc4c(cc21)=CC=C4)=CC=3.[Li].[Li]. The average molecular weight is 316 g/mol. The van der Waals surface area contributed by atoms with Crippen LogP contribution in [0.25, 0.3) is 47.6 Å². The molecule has 0 N–H and O–H groups in total. The van der Waals surface area contributed by atoms with Gasteiger partial charge >= 0.3 is 0 Å². The van der Waals surface area contributed by atoms with Gasteiger partial charge < -0.3 is 0 Å². The molecule has 0 saturated carbocycles. The summed E-state index contributed by atoms with van der Waals surface area (Å²) in [6, 6.07) is 9.27. The van der Waals surface area contributed by atoms with Gasteiger partial charge in [-0.05, 0) is 78.5 Å². The third-order valence-electron chi connectivity index (χ3n) is 5.34. The van der Waals surface area contributed by atoms with E-state index >= 15 is 0 Å². The van der Waals surface area contributed by atoms with Crippen molar-refractivity contribution in [2.75, 3.05) is 0 Å². The van der Waals surface area contributed by atoms with Gasteiger partial charge in [-0.2, -0.15) is 0 Å². The number of hydrogen-bond acceptors (Lipinski definition) is 0. The maximum Gasteiger partial charge on any atom is 0 e. The van der Waals surface area contributed by atoms with Crippen LogP contribution in [-0.4, -0.2) is 37.7 Å².